The third-order valence-corrected chi connectivity index (χ3v) is 4.39. The number of urea groups is 1. The lowest BCUT2D eigenvalue weighted by atomic mass is 10.1. The maximum Gasteiger partial charge on any atom is 0.319 e. The molecule has 1 unspecified atom stereocenters. The highest BCUT2D eigenvalue weighted by Crippen LogP contribution is 2.14. The highest BCUT2D eigenvalue weighted by molar-refractivity contribution is 9.10. The van der Waals surface area contributed by atoms with E-state index >= 15 is 0 Å². The van der Waals surface area contributed by atoms with E-state index in [4.69, 9.17) is 0 Å². The van der Waals surface area contributed by atoms with E-state index in [1.165, 1.54) is 5.56 Å². The van der Waals surface area contributed by atoms with E-state index in [0.717, 1.165) is 17.3 Å². The van der Waals surface area contributed by atoms with Crippen LogP contribution < -0.4 is 16.0 Å². The number of halogens is 1. The van der Waals surface area contributed by atoms with E-state index in [9.17, 15) is 9.59 Å². The van der Waals surface area contributed by atoms with Gasteiger partial charge in [-0.2, -0.15) is 0 Å². The SMILES string of the molecule is CCCC(NC(=O)Nc1ccc(Br)cc1)C(=O)NCCc1ccccc1. The van der Waals surface area contributed by atoms with Crippen LogP contribution in [0.15, 0.2) is 59.1 Å². The van der Waals surface area contributed by atoms with Gasteiger partial charge >= 0.3 is 6.03 Å². The van der Waals surface area contributed by atoms with Gasteiger partial charge < -0.3 is 16.0 Å². The van der Waals surface area contributed by atoms with Crippen LogP contribution in [0.5, 0.6) is 0 Å². The molecule has 0 aromatic heterocycles. The molecule has 0 heterocycles. The maximum atomic E-state index is 12.4. The van der Waals surface area contributed by atoms with Crippen LogP contribution in [0, 0.1) is 0 Å². The summed E-state index contributed by atoms with van der Waals surface area (Å²) in [5.74, 6) is -0.159. The molecule has 0 aliphatic carbocycles. The lowest BCUT2D eigenvalue weighted by Gasteiger charge is -2.18. The Labute approximate surface area is 162 Å². The smallest absolute Gasteiger partial charge is 0.319 e. The second-order valence-electron chi connectivity index (χ2n) is 5.97. The lowest BCUT2D eigenvalue weighted by Crippen LogP contribution is -2.48. The Balaban J connectivity index is 1.82. The predicted octanol–water partition coefficient (Wildman–Crippen LogP) is 4.10. The molecule has 0 aliphatic rings. The van der Waals surface area contributed by atoms with Crippen molar-refractivity contribution in [2.24, 2.45) is 0 Å². The summed E-state index contributed by atoms with van der Waals surface area (Å²) in [4.78, 5) is 24.6. The second kappa shape index (κ2) is 10.6. The summed E-state index contributed by atoms with van der Waals surface area (Å²) in [5, 5.41) is 8.40. The van der Waals surface area contributed by atoms with Crippen LogP contribution in [-0.4, -0.2) is 24.5 Å². The molecule has 0 fully saturated rings. The minimum Gasteiger partial charge on any atom is -0.354 e. The van der Waals surface area contributed by atoms with Gasteiger partial charge in [-0.3, -0.25) is 4.79 Å². The molecule has 2 aromatic carbocycles. The molecule has 138 valence electrons. The first kappa shape index (κ1) is 20.0. The van der Waals surface area contributed by atoms with Crippen molar-refractivity contribution < 1.29 is 9.59 Å². The second-order valence-corrected chi connectivity index (χ2v) is 6.89. The summed E-state index contributed by atoms with van der Waals surface area (Å²) in [6.07, 6.45) is 2.15. The normalized spacial score (nSPS) is 11.5. The highest BCUT2D eigenvalue weighted by Gasteiger charge is 2.19. The van der Waals surface area contributed by atoms with E-state index in [0.29, 0.717) is 18.7 Å². The number of carbonyl (C=O) groups is 2. The van der Waals surface area contributed by atoms with Crippen molar-refractivity contribution in [3.05, 3.63) is 64.6 Å². The van der Waals surface area contributed by atoms with Crippen molar-refractivity contribution in [3.63, 3.8) is 0 Å². The molecule has 2 rings (SSSR count). The molecule has 0 aliphatic heterocycles. The fourth-order valence-corrected chi connectivity index (χ4v) is 2.78. The minimum absolute atomic E-state index is 0.159. The van der Waals surface area contributed by atoms with Crippen LogP contribution in [-0.2, 0) is 11.2 Å². The molecule has 0 spiro atoms. The summed E-state index contributed by atoms with van der Waals surface area (Å²) >= 11 is 3.35. The monoisotopic (exact) mass is 417 g/mol. The van der Waals surface area contributed by atoms with Gasteiger partial charge in [0.25, 0.3) is 0 Å². The zero-order chi connectivity index (χ0) is 18.8. The number of rotatable bonds is 8. The number of benzene rings is 2. The third kappa shape index (κ3) is 6.88. The van der Waals surface area contributed by atoms with Crippen molar-refractivity contribution in [1.82, 2.24) is 10.6 Å². The van der Waals surface area contributed by atoms with Crippen LogP contribution >= 0.6 is 15.9 Å². The molecule has 0 bridgehead atoms. The number of amides is 3. The van der Waals surface area contributed by atoms with Crippen molar-refractivity contribution in [1.29, 1.82) is 0 Å². The van der Waals surface area contributed by atoms with Gasteiger partial charge in [0.2, 0.25) is 5.91 Å². The molecular formula is C20H24BrN3O2. The van der Waals surface area contributed by atoms with Gasteiger partial charge in [0, 0.05) is 16.7 Å². The zero-order valence-corrected chi connectivity index (χ0v) is 16.4. The topological polar surface area (TPSA) is 70.2 Å². The molecule has 2 aromatic rings. The van der Waals surface area contributed by atoms with Crippen molar-refractivity contribution in [2.45, 2.75) is 32.2 Å². The van der Waals surface area contributed by atoms with Gasteiger partial charge in [-0.25, -0.2) is 4.79 Å². The third-order valence-electron chi connectivity index (χ3n) is 3.86. The Morgan fingerprint density at radius 2 is 1.73 bits per heavy atom. The standard InChI is InChI=1S/C20H24BrN3O2/c1-2-6-18(19(25)22-14-13-15-7-4-3-5-8-15)24-20(26)23-17-11-9-16(21)10-12-17/h3-5,7-12,18H,2,6,13-14H2,1H3,(H,22,25)(H2,23,24,26). The number of anilines is 1. The summed E-state index contributed by atoms with van der Waals surface area (Å²) in [6, 6.07) is 16.3. The molecule has 3 amide bonds. The van der Waals surface area contributed by atoms with Crippen LogP contribution in [0.25, 0.3) is 0 Å². The highest BCUT2D eigenvalue weighted by atomic mass is 79.9. The predicted molar refractivity (Wildman–Crippen MR) is 108 cm³/mol. The molecule has 1 atom stereocenters. The van der Waals surface area contributed by atoms with Crippen LogP contribution in [0.3, 0.4) is 0 Å². The van der Waals surface area contributed by atoms with Gasteiger partial charge in [-0.15, -0.1) is 0 Å². The molecule has 3 N–H and O–H groups in total. The molecule has 26 heavy (non-hydrogen) atoms. The summed E-state index contributed by atoms with van der Waals surface area (Å²) in [7, 11) is 0. The van der Waals surface area contributed by atoms with Crippen LogP contribution in [0.2, 0.25) is 0 Å². The number of carbonyl (C=O) groups excluding carboxylic acids is 2. The number of hydrogen-bond acceptors (Lipinski definition) is 2. The summed E-state index contributed by atoms with van der Waals surface area (Å²) in [6.45, 7) is 2.53. The molecule has 0 radical (unpaired) electrons. The van der Waals surface area contributed by atoms with Crippen molar-refractivity contribution in [2.75, 3.05) is 11.9 Å². The number of nitrogens with one attached hydrogen (secondary N) is 3. The Morgan fingerprint density at radius 1 is 1.04 bits per heavy atom. The quantitative estimate of drug-likeness (QED) is 0.604. The Morgan fingerprint density at radius 3 is 2.38 bits per heavy atom. The largest absolute Gasteiger partial charge is 0.354 e. The molecular weight excluding hydrogens is 394 g/mol. The first-order valence-corrected chi connectivity index (χ1v) is 9.52. The fraction of sp³-hybridized carbons (Fsp3) is 0.300. The maximum absolute atomic E-state index is 12.4. The first-order valence-electron chi connectivity index (χ1n) is 8.73. The average molecular weight is 418 g/mol. The lowest BCUT2D eigenvalue weighted by molar-refractivity contribution is -0.123. The van der Waals surface area contributed by atoms with E-state index in [2.05, 4.69) is 31.9 Å². The average Bonchev–Trinajstić information content (AvgIpc) is 2.64. The molecule has 0 saturated carbocycles. The minimum atomic E-state index is -0.550. The molecule has 0 saturated heterocycles. The fourth-order valence-electron chi connectivity index (χ4n) is 2.51. The first-order chi connectivity index (χ1) is 12.6. The van der Waals surface area contributed by atoms with Crippen LogP contribution in [0.4, 0.5) is 10.5 Å². The number of hydrogen-bond donors (Lipinski definition) is 3. The molecule has 6 heteroatoms. The van der Waals surface area contributed by atoms with Gasteiger partial charge in [-0.1, -0.05) is 59.6 Å². The van der Waals surface area contributed by atoms with Gasteiger partial charge in [0.05, 0.1) is 0 Å². The van der Waals surface area contributed by atoms with E-state index < -0.39 is 6.04 Å². The van der Waals surface area contributed by atoms with Gasteiger partial charge in [0.15, 0.2) is 0 Å². The van der Waals surface area contributed by atoms with Crippen molar-refractivity contribution in [3.8, 4) is 0 Å². The van der Waals surface area contributed by atoms with E-state index in [-0.39, 0.29) is 11.9 Å². The molecule has 5 nitrogen and oxygen atoms in total. The van der Waals surface area contributed by atoms with E-state index in [1.807, 2.05) is 49.4 Å². The Kier molecular flexibility index (Phi) is 8.15. The van der Waals surface area contributed by atoms with Gasteiger partial charge in [0.1, 0.15) is 6.04 Å². The Hall–Kier alpha value is -2.34. The zero-order valence-electron chi connectivity index (χ0n) is 14.8. The van der Waals surface area contributed by atoms with Gasteiger partial charge in [-0.05, 0) is 42.7 Å². The van der Waals surface area contributed by atoms with Crippen LogP contribution in [0.1, 0.15) is 25.3 Å². The summed E-state index contributed by atoms with van der Waals surface area (Å²) < 4.78 is 0.935. The van der Waals surface area contributed by atoms with E-state index in [1.54, 1.807) is 12.1 Å². The Bertz CT molecular complexity index is 705. The summed E-state index contributed by atoms with van der Waals surface area (Å²) in [5.41, 5.74) is 1.84. The van der Waals surface area contributed by atoms with Crippen molar-refractivity contribution >= 4 is 33.6 Å².